The molecular formula is C26H35N5O2. The minimum atomic E-state index is 0.0525. The first-order valence-electron chi connectivity index (χ1n) is 11.9. The Kier molecular flexibility index (Phi) is 8.47. The Labute approximate surface area is 196 Å². The zero-order valence-corrected chi connectivity index (χ0v) is 19.4. The fourth-order valence-corrected chi connectivity index (χ4v) is 4.45. The molecule has 0 unspecified atom stereocenters. The standard InChI is InChI=1S/C26H35N5O2/c32-25(27-19-23-7-3-1-4-8-23)21-29-11-13-30(14-12-29)22-26(33)31-17-15-28(16-18-31)20-24-9-5-2-6-10-24/h1-10H,11-22H2,(H,27,32). The SMILES string of the molecule is O=C(CN1CCN(CC(=O)N2CCN(Cc3ccccc3)CC2)CC1)NCc1ccccc1. The minimum absolute atomic E-state index is 0.0525. The van der Waals surface area contributed by atoms with E-state index in [2.05, 4.69) is 44.3 Å². The maximum atomic E-state index is 12.8. The largest absolute Gasteiger partial charge is 0.351 e. The van der Waals surface area contributed by atoms with E-state index in [0.717, 1.165) is 64.5 Å². The van der Waals surface area contributed by atoms with Crippen LogP contribution in [-0.2, 0) is 22.7 Å². The fourth-order valence-electron chi connectivity index (χ4n) is 4.45. The van der Waals surface area contributed by atoms with E-state index in [4.69, 9.17) is 0 Å². The van der Waals surface area contributed by atoms with Gasteiger partial charge in [0, 0.05) is 65.4 Å². The van der Waals surface area contributed by atoms with Crippen LogP contribution in [0.2, 0.25) is 0 Å². The van der Waals surface area contributed by atoms with Gasteiger partial charge in [-0.15, -0.1) is 0 Å². The number of nitrogens with one attached hydrogen (secondary N) is 1. The average Bonchev–Trinajstić information content (AvgIpc) is 2.86. The van der Waals surface area contributed by atoms with E-state index in [1.54, 1.807) is 0 Å². The molecule has 176 valence electrons. The van der Waals surface area contributed by atoms with Crippen molar-refractivity contribution in [1.29, 1.82) is 0 Å². The van der Waals surface area contributed by atoms with E-state index in [-0.39, 0.29) is 11.8 Å². The highest BCUT2D eigenvalue weighted by molar-refractivity contribution is 5.78. The van der Waals surface area contributed by atoms with Crippen molar-refractivity contribution in [2.45, 2.75) is 13.1 Å². The van der Waals surface area contributed by atoms with Crippen LogP contribution in [0.1, 0.15) is 11.1 Å². The van der Waals surface area contributed by atoms with Crippen molar-refractivity contribution < 1.29 is 9.59 Å². The summed E-state index contributed by atoms with van der Waals surface area (Å²) in [6.45, 7) is 9.13. The fraction of sp³-hybridized carbons (Fsp3) is 0.462. The number of benzene rings is 2. The molecule has 1 N–H and O–H groups in total. The monoisotopic (exact) mass is 449 g/mol. The Morgan fingerprint density at radius 1 is 0.636 bits per heavy atom. The number of hydrogen-bond acceptors (Lipinski definition) is 5. The molecule has 7 heteroatoms. The van der Waals surface area contributed by atoms with Crippen LogP contribution < -0.4 is 5.32 Å². The summed E-state index contributed by atoms with van der Waals surface area (Å²) in [6.07, 6.45) is 0. The van der Waals surface area contributed by atoms with Crippen molar-refractivity contribution in [3.63, 3.8) is 0 Å². The van der Waals surface area contributed by atoms with Crippen molar-refractivity contribution in [3.8, 4) is 0 Å². The van der Waals surface area contributed by atoms with Gasteiger partial charge in [0.25, 0.3) is 0 Å². The van der Waals surface area contributed by atoms with Crippen LogP contribution in [0.3, 0.4) is 0 Å². The van der Waals surface area contributed by atoms with E-state index in [9.17, 15) is 9.59 Å². The lowest BCUT2D eigenvalue weighted by molar-refractivity contribution is -0.135. The molecule has 0 bridgehead atoms. The number of nitrogens with zero attached hydrogens (tertiary/aromatic N) is 4. The van der Waals surface area contributed by atoms with Gasteiger partial charge in [-0.2, -0.15) is 0 Å². The molecule has 7 nitrogen and oxygen atoms in total. The molecule has 2 aromatic carbocycles. The van der Waals surface area contributed by atoms with Crippen LogP contribution in [0.15, 0.2) is 60.7 Å². The molecule has 4 rings (SSSR count). The number of carbonyl (C=O) groups is 2. The van der Waals surface area contributed by atoms with Gasteiger partial charge in [0.05, 0.1) is 13.1 Å². The summed E-state index contributed by atoms with van der Waals surface area (Å²) < 4.78 is 0. The molecule has 2 saturated heterocycles. The van der Waals surface area contributed by atoms with Gasteiger partial charge in [0.2, 0.25) is 11.8 Å². The van der Waals surface area contributed by atoms with Gasteiger partial charge in [0.15, 0.2) is 0 Å². The second-order valence-corrected chi connectivity index (χ2v) is 8.96. The Morgan fingerprint density at radius 2 is 1.15 bits per heavy atom. The summed E-state index contributed by atoms with van der Waals surface area (Å²) in [5.74, 6) is 0.278. The van der Waals surface area contributed by atoms with Gasteiger partial charge < -0.3 is 10.2 Å². The van der Waals surface area contributed by atoms with Crippen molar-refractivity contribution in [2.24, 2.45) is 0 Å². The van der Waals surface area contributed by atoms with Crippen LogP contribution in [0.25, 0.3) is 0 Å². The normalized spacial score (nSPS) is 18.2. The van der Waals surface area contributed by atoms with Gasteiger partial charge in [-0.05, 0) is 11.1 Å². The minimum Gasteiger partial charge on any atom is -0.351 e. The highest BCUT2D eigenvalue weighted by Crippen LogP contribution is 2.10. The molecule has 2 heterocycles. The van der Waals surface area contributed by atoms with Gasteiger partial charge in [0.1, 0.15) is 0 Å². The van der Waals surface area contributed by atoms with Crippen LogP contribution in [0.4, 0.5) is 0 Å². The topological polar surface area (TPSA) is 59.1 Å². The van der Waals surface area contributed by atoms with E-state index in [1.807, 2.05) is 41.3 Å². The maximum absolute atomic E-state index is 12.8. The molecule has 0 spiro atoms. The van der Waals surface area contributed by atoms with Crippen molar-refractivity contribution in [1.82, 2.24) is 24.9 Å². The number of hydrogen-bond donors (Lipinski definition) is 1. The number of carbonyl (C=O) groups excluding carboxylic acids is 2. The summed E-state index contributed by atoms with van der Waals surface area (Å²) in [4.78, 5) is 33.9. The van der Waals surface area contributed by atoms with Crippen LogP contribution in [-0.4, -0.2) is 96.9 Å². The third kappa shape index (κ3) is 7.39. The lowest BCUT2D eigenvalue weighted by Gasteiger charge is -2.38. The average molecular weight is 450 g/mol. The first-order chi connectivity index (χ1) is 16.2. The summed E-state index contributed by atoms with van der Waals surface area (Å²) in [6, 6.07) is 20.5. The Morgan fingerprint density at radius 3 is 1.76 bits per heavy atom. The Balaban J connectivity index is 1.11. The van der Waals surface area contributed by atoms with E-state index in [1.165, 1.54) is 5.56 Å². The van der Waals surface area contributed by atoms with Gasteiger partial charge >= 0.3 is 0 Å². The molecule has 0 saturated carbocycles. The first kappa shape index (κ1) is 23.4. The summed E-state index contributed by atoms with van der Waals surface area (Å²) >= 11 is 0. The van der Waals surface area contributed by atoms with Crippen LogP contribution in [0, 0.1) is 0 Å². The number of amides is 2. The molecule has 2 aromatic rings. The van der Waals surface area contributed by atoms with Crippen molar-refractivity contribution in [2.75, 3.05) is 65.4 Å². The molecular weight excluding hydrogens is 414 g/mol. The first-order valence-corrected chi connectivity index (χ1v) is 11.9. The van der Waals surface area contributed by atoms with E-state index >= 15 is 0 Å². The predicted molar refractivity (Wildman–Crippen MR) is 129 cm³/mol. The highest BCUT2D eigenvalue weighted by atomic mass is 16.2. The molecule has 0 radical (unpaired) electrons. The lowest BCUT2D eigenvalue weighted by Crippen LogP contribution is -2.54. The van der Waals surface area contributed by atoms with E-state index in [0.29, 0.717) is 19.6 Å². The molecule has 2 aliphatic rings. The maximum Gasteiger partial charge on any atom is 0.236 e. The molecule has 0 aliphatic carbocycles. The molecule has 2 amide bonds. The second-order valence-electron chi connectivity index (χ2n) is 8.96. The summed E-state index contributed by atoms with van der Waals surface area (Å²) in [5.41, 5.74) is 2.43. The van der Waals surface area contributed by atoms with E-state index < -0.39 is 0 Å². The second kappa shape index (κ2) is 11.9. The van der Waals surface area contributed by atoms with Crippen molar-refractivity contribution in [3.05, 3.63) is 71.8 Å². The molecule has 33 heavy (non-hydrogen) atoms. The van der Waals surface area contributed by atoms with Gasteiger partial charge in [-0.25, -0.2) is 0 Å². The predicted octanol–water partition coefficient (Wildman–Crippen LogP) is 1.26. The number of piperazine rings is 2. The van der Waals surface area contributed by atoms with Gasteiger partial charge in [-0.1, -0.05) is 60.7 Å². The Bertz CT molecular complexity index is 876. The van der Waals surface area contributed by atoms with Gasteiger partial charge in [-0.3, -0.25) is 24.3 Å². The Hall–Kier alpha value is -2.74. The molecule has 0 atom stereocenters. The van der Waals surface area contributed by atoms with Crippen LogP contribution >= 0.6 is 0 Å². The highest BCUT2D eigenvalue weighted by Gasteiger charge is 2.25. The summed E-state index contributed by atoms with van der Waals surface area (Å²) in [5, 5.41) is 2.99. The summed E-state index contributed by atoms with van der Waals surface area (Å²) in [7, 11) is 0. The smallest absolute Gasteiger partial charge is 0.236 e. The van der Waals surface area contributed by atoms with Crippen LogP contribution in [0.5, 0.6) is 0 Å². The van der Waals surface area contributed by atoms with Crippen molar-refractivity contribution >= 4 is 11.8 Å². The molecule has 0 aromatic heterocycles. The zero-order chi connectivity index (χ0) is 22.9. The molecule has 2 aliphatic heterocycles. The lowest BCUT2D eigenvalue weighted by atomic mass is 10.2. The third-order valence-electron chi connectivity index (χ3n) is 6.50. The molecule has 2 fully saturated rings. The third-order valence-corrected chi connectivity index (χ3v) is 6.50. The number of rotatable bonds is 8. The quantitative estimate of drug-likeness (QED) is 0.658. The zero-order valence-electron chi connectivity index (χ0n) is 19.4.